The second kappa shape index (κ2) is 9.73. The van der Waals surface area contributed by atoms with Crippen LogP contribution >= 0.6 is 23.4 Å². The molecule has 2 amide bonds. The monoisotopic (exact) mass is 449 g/mol. The second-order valence-electron chi connectivity index (χ2n) is 7.00. The van der Waals surface area contributed by atoms with Gasteiger partial charge in [0.15, 0.2) is 0 Å². The average molecular weight is 450 g/mol. The first-order valence-corrected chi connectivity index (χ1v) is 11.1. The third kappa shape index (κ3) is 5.90. The first kappa shape index (κ1) is 21.0. The molecule has 7 heteroatoms. The van der Waals surface area contributed by atoms with Gasteiger partial charge in [-0.25, -0.2) is 0 Å². The molecule has 0 bridgehead atoms. The second-order valence-corrected chi connectivity index (χ2v) is 8.48. The average Bonchev–Trinajstić information content (AvgIpc) is 3.22. The minimum absolute atomic E-state index is 0.0897. The SMILES string of the molecule is O=C(CSc1cccc(NC(=O)Cc2ccc(Cl)cc2)c1)Nc1ccc2cc[nH]c2c1. The summed E-state index contributed by atoms with van der Waals surface area (Å²) in [6.45, 7) is 0. The maximum absolute atomic E-state index is 12.3. The molecular formula is C24H20ClN3O2S. The van der Waals surface area contributed by atoms with Gasteiger partial charge in [-0.05, 0) is 59.5 Å². The predicted octanol–water partition coefficient (Wildman–Crippen LogP) is 5.73. The first-order chi connectivity index (χ1) is 15.0. The molecule has 0 saturated carbocycles. The van der Waals surface area contributed by atoms with Crippen molar-refractivity contribution >= 4 is 57.5 Å². The van der Waals surface area contributed by atoms with E-state index in [2.05, 4.69) is 15.6 Å². The van der Waals surface area contributed by atoms with E-state index in [0.717, 1.165) is 27.0 Å². The highest BCUT2D eigenvalue weighted by Gasteiger charge is 2.08. The molecule has 0 aliphatic heterocycles. The number of aromatic nitrogens is 1. The van der Waals surface area contributed by atoms with Gasteiger partial charge in [-0.3, -0.25) is 9.59 Å². The summed E-state index contributed by atoms with van der Waals surface area (Å²) < 4.78 is 0. The standard InChI is InChI=1S/C24H20ClN3O2S/c25-18-7-4-16(5-8-18)12-23(29)27-19-2-1-3-21(13-19)31-15-24(30)28-20-9-6-17-10-11-26-22(17)14-20/h1-11,13-14,26H,12,15H2,(H,27,29)(H,28,30). The van der Waals surface area contributed by atoms with Gasteiger partial charge < -0.3 is 15.6 Å². The van der Waals surface area contributed by atoms with Crippen LogP contribution in [0.3, 0.4) is 0 Å². The number of aromatic amines is 1. The molecule has 0 saturated heterocycles. The molecule has 3 N–H and O–H groups in total. The molecular weight excluding hydrogens is 430 g/mol. The van der Waals surface area contributed by atoms with Gasteiger partial charge in [0.05, 0.1) is 12.2 Å². The third-order valence-corrected chi connectivity index (χ3v) is 5.85. The smallest absolute Gasteiger partial charge is 0.234 e. The summed E-state index contributed by atoms with van der Waals surface area (Å²) in [5.74, 6) is 0.0697. The minimum atomic E-state index is -0.109. The first-order valence-electron chi connectivity index (χ1n) is 9.69. The summed E-state index contributed by atoms with van der Waals surface area (Å²) >= 11 is 7.29. The predicted molar refractivity (Wildman–Crippen MR) is 128 cm³/mol. The Hall–Kier alpha value is -3.22. The molecule has 0 aliphatic carbocycles. The van der Waals surface area contributed by atoms with E-state index in [1.165, 1.54) is 11.8 Å². The number of halogens is 1. The van der Waals surface area contributed by atoms with Gasteiger partial charge in [0, 0.05) is 33.0 Å². The number of rotatable bonds is 7. The zero-order valence-electron chi connectivity index (χ0n) is 16.5. The van der Waals surface area contributed by atoms with Crippen molar-refractivity contribution in [1.29, 1.82) is 0 Å². The number of amides is 2. The van der Waals surface area contributed by atoms with Crippen molar-refractivity contribution in [2.45, 2.75) is 11.3 Å². The highest BCUT2D eigenvalue weighted by molar-refractivity contribution is 8.00. The van der Waals surface area contributed by atoms with Crippen LogP contribution in [0, 0.1) is 0 Å². The number of nitrogens with one attached hydrogen (secondary N) is 3. The molecule has 0 radical (unpaired) electrons. The van der Waals surface area contributed by atoms with E-state index in [-0.39, 0.29) is 24.0 Å². The van der Waals surface area contributed by atoms with Gasteiger partial charge in [-0.2, -0.15) is 0 Å². The summed E-state index contributed by atoms with van der Waals surface area (Å²) in [6, 6.07) is 22.4. The quantitative estimate of drug-likeness (QED) is 0.315. The Morgan fingerprint density at radius 2 is 1.65 bits per heavy atom. The zero-order valence-corrected chi connectivity index (χ0v) is 18.1. The highest BCUT2D eigenvalue weighted by atomic mass is 35.5. The summed E-state index contributed by atoms with van der Waals surface area (Å²) in [7, 11) is 0. The molecule has 31 heavy (non-hydrogen) atoms. The van der Waals surface area contributed by atoms with Gasteiger partial charge >= 0.3 is 0 Å². The molecule has 0 fully saturated rings. The number of anilines is 2. The van der Waals surface area contributed by atoms with Crippen LogP contribution in [-0.2, 0) is 16.0 Å². The van der Waals surface area contributed by atoms with Crippen molar-refractivity contribution in [3.05, 3.63) is 89.6 Å². The summed E-state index contributed by atoms with van der Waals surface area (Å²) in [6.07, 6.45) is 2.13. The molecule has 5 nitrogen and oxygen atoms in total. The molecule has 0 unspecified atom stereocenters. The number of thioether (sulfide) groups is 1. The van der Waals surface area contributed by atoms with E-state index >= 15 is 0 Å². The minimum Gasteiger partial charge on any atom is -0.361 e. The Kier molecular flexibility index (Phi) is 6.60. The van der Waals surface area contributed by atoms with Gasteiger partial charge in [0.1, 0.15) is 0 Å². The third-order valence-electron chi connectivity index (χ3n) is 4.60. The maximum atomic E-state index is 12.3. The van der Waals surface area contributed by atoms with Gasteiger partial charge in [0.2, 0.25) is 11.8 Å². The van der Waals surface area contributed by atoms with E-state index in [1.54, 1.807) is 12.1 Å². The number of H-pyrrole nitrogens is 1. The maximum Gasteiger partial charge on any atom is 0.234 e. The number of carbonyl (C=O) groups excluding carboxylic acids is 2. The van der Waals surface area contributed by atoms with Crippen molar-refractivity contribution < 1.29 is 9.59 Å². The lowest BCUT2D eigenvalue weighted by Crippen LogP contribution is -2.15. The Morgan fingerprint density at radius 1 is 0.871 bits per heavy atom. The lowest BCUT2D eigenvalue weighted by Gasteiger charge is -2.08. The lowest BCUT2D eigenvalue weighted by atomic mass is 10.1. The number of hydrogen-bond acceptors (Lipinski definition) is 3. The molecule has 0 spiro atoms. The highest BCUT2D eigenvalue weighted by Crippen LogP contribution is 2.23. The molecule has 1 aromatic heterocycles. The molecule has 156 valence electrons. The van der Waals surface area contributed by atoms with Crippen molar-refractivity contribution in [1.82, 2.24) is 4.98 Å². The van der Waals surface area contributed by atoms with E-state index in [1.807, 2.05) is 66.9 Å². The Balaban J connectivity index is 1.29. The fourth-order valence-corrected chi connectivity index (χ4v) is 4.01. The van der Waals surface area contributed by atoms with Crippen LogP contribution in [0.4, 0.5) is 11.4 Å². The summed E-state index contributed by atoms with van der Waals surface area (Å²) in [4.78, 5) is 28.7. The molecule has 0 aliphatic rings. The van der Waals surface area contributed by atoms with E-state index in [4.69, 9.17) is 11.6 Å². The van der Waals surface area contributed by atoms with Crippen molar-refractivity contribution in [3.63, 3.8) is 0 Å². The lowest BCUT2D eigenvalue weighted by molar-refractivity contribution is -0.115. The van der Waals surface area contributed by atoms with Crippen LogP contribution in [-0.4, -0.2) is 22.6 Å². The molecule has 1 heterocycles. The zero-order chi connectivity index (χ0) is 21.6. The van der Waals surface area contributed by atoms with Gasteiger partial charge in [-0.15, -0.1) is 11.8 Å². The van der Waals surface area contributed by atoms with Crippen LogP contribution < -0.4 is 10.6 Å². The van der Waals surface area contributed by atoms with Crippen LogP contribution in [0.15, 0.2) is 83.9 Å². The van der Waals surface area contributed by atoms with Gasteiger partial charge in [-0.1, -0.05) is 35.9 Å². The van der Waals surface area contributed by atoms with E-state index in [0.29, 0.717) is 10.7 Å². The molecule has 4 aromatic rings. The molecule has 3 aromatic carbocycles. The van der Waals surface area contributed by atoms with E-state index < -0.39 is 0 Å². The Bertz CT molecular complexity index is 1220. The van der Waals surface area contributed by atoms with E-state index in [9.17, 15) is 9.59 Å². The number of benzene rings is 3. The summed E-state index contributed by atoms with van der Waals surface area (Å²) in [5.41, 5.74) is 3.32. The van der Waals surface area contributed by atoms with Crippen LogP contribution in [0.2, 0.25) is 5.02 Å². The largest absolute Gasteiger partial charge is 0.361 e. The molecule has 0 atom stereocenters. The number of carbonyl (C=O) groups is 2. The van der Waals surface area contributed by atoms with Crippen LogP contribution in [0.25, 0.3) is 10.9 Å². The van der Waals surface area contributed by atoms with Gasteiger partial charge in [0.25, 0.3) is 0 Å². The number of fused-ring (bicyclic) bond motifs is 1. The van der Waals surface area contributed by atoms with Crippen LogP contribution in [0.1, 0.15) is 5.56 Å². The van der Waals surface area contributed by atoms with Crippen LogP contribution in [0.5, 0.6) is 0 Å². The topological polar surface area (TPSA) is 74.0 Å². The molecule has 4 rings (SSSR count). The van der Waals surface area contributed by atoms with Crippen molar-refractivity contribution in [3.8, 4) is 0 Å². The fourth-order valence-electron chi connectivity index (χ4n) is 3.13. The summed E-state index contributed by atoms with van der Waals surface area (Å²) in [5, 5.41) is 7.55. The Morgan fingerprint density at radius 3 is 2.48 bits per heavy atom. The number of hydrogen-bond donors (Lipinski definition) is 3. The Labute approximate surface area is 189 Å². The normalized spacial score (nSPS) is 10.7. The fraction of sp³-hybridized carbons (Fsp3) is 0.0833. The van der Waals surface area contributed by atoms with Crippen molar-refractivity contribution in [2.75, 3.05) is 16.4 Å². The van der Waals surface area contributed by atoms with Crippen molar-refractivity contribution in [2.24, 2.45) is 0 Å².